The van der Waals surface area contributed by atoms with Crippen LogP contribution in [0.2, 0.25) is 5.15 Å². The van der Waals surface area contributed by atoms with Crippen molar-refractivity contribution < 1.29 is 0 Å². The van der Waals surface area contributed by atoms with Crippen LogP contribution >= 0.6 is 27.5 Å². The lowest BCUT2D eigenvalue weighted by Crippen LogP contribution is -2.05. The fourth-order valence-electron chi connectivity index (χ4n) is 1.27. The molecule has 14 heavy (non-hydrogen) atoms. The molecule has 0 unspecified atom stereocenters. The summed E-state index contributed by atoms with van der Waals surface area (Å²) in [4.78, 5) is 7.97. The van der Waals surface area contributed by atoms with Crippen LogP contribution in [0.5, 0.6) is 0 Å². The Bertz CT molecular complexity index is 328. The molecule has 0 radical (unpaired) electrons. The molecule has 3 nitrogen and oxygen atoms in total. The monoisotopic (exact) mass is 275 g/mol. The van der Waals surface area contributed by atoms with Gasteiger partial charge < -0.3 is 5.32 Å². The molecule has 0 spiro atoms. The number of nitrogens with zero attached hydrogens (tertiary/aromatic N) is 2. The lowest BCUT2D eigenvalue weighted by Gasteiger charge is -2.06. The van der Waals surface area contributed by atoms with Gasteiger partial charge in [-0.1, -0.05) is 24.4 Å². The van der Waals surface area contributed by atoms with Crippen molar-refractivity contribution in [2.24, 2.45) is 5.92 Å². The number of aromatic nitrogens is 2. The molecular formula is C9H11BrClN3. The molecule has 0 aromatic carbocycles. The highest BCUT2D eigenvalue weighted by Crippen LogP contribution is 2.32. The summed E-state index contributed by atoms with van der Waals surface area (Å²) in [6.45, 7) is 0.955. The molecule has 0 saturated heterocycles. The van der Waals surface area contributed by atoms with Crippen molar-refractivity contribution in [3.63, 3.8) is 0 Å². The molecule has 0 amide bonds. The van der Waals surface area contributed by atoms with E-state index in [4.69, 9.17) is 11.6 Å². The predicted molar refractivity (Wildman–Crippen MR) is 60.6 cm³/mol. The highest BCUT2D eigenvalue weighted by Gasteiger charge is 2.20. The minimum Gasteiger partial charge on any atom is -0.369 e. The Balaban J connectivity index is 1.90. The van der Waals surface area contributed by atoms with E-state index in [1.165, 1.54) is 25.6 Å². The van der Waals surface area contributed by atoms with Crippen molar-refractivity contribution in [1.29, 1.82) is 0 Å². The van der Waals surface area contributed by atoms with Gasteiger partial charge in [-0.25, -0.2) is 9.97 Å². The zero-order chi connectivity index (χ0) is 9.97. The van der Waals surface area contributed by atoms with Crippen LogP contribution in [0.25, 0.3) is 0 Å². The van der Waals surface area contributed by atoms with E-state index in [-0.39, 0.29) is 0 Å². The summed E-state index contributed by atoms with van der Waals surface area (Å²) in [5, 5.41) is 3.70. The Morgan fingerprint density at radius 2 is 2.29 bits per heavy atom. The van der Waals surface area contributed by atoms with E-state index in [2.05, 4.69) is 31.2 Å². The van der Waals surface area contributed by atoms with E-state index in [1.807, 2.05) is 0 Å². The van der Waals surface area contributed by atoms with E-state index >= 15 is 0 Å². The number of hydrogen-bond acceptors (Lipinski definition) is 3. The van der Waals surface area contributed by atoms with Crippen LogP contribution in [0.15, 0.2) is 10.8 Å². The minimum absolute atomic E-state index is 0.453. The van der Waals surface area contributed by atoms with Gasteiger partial charge >= 0.3 is 0 Å². The summed E-state index contributed by atoms with van der Waals surface area (Å²) in [7, 11) is 0. The van der Waals surface area contributed by atoms with Crippen LogP contribution in [0.3, 0.4) is 0 Å². The van der Waals surface area contributed by atoms with Gasteiger partial charge in [-0.3, -0.25) is 0 Å². The van der Waals surface area contributed by atoms with E-state index in [0.717, 1.165) is 22.8 Å². The molecule has 1 fully saturated rings. The molecule has 0 bridgehead atoms. The zero-order valence-corrected chi connectivity index (χ0v) is 9.98. The van der Waals surface area contributed by atoms with E-state index in [1.54, 1.807) is 0 Å². The molecule has 1 aliphatic carbocycles. The van der Waals surface area contributed by atoms with Gasteiger partial charge in [0.2, 0.25) is 0 Å². The second-order valence-corrected chi connectivity index (χ2v) is 4.64. The first-order valence-corrected chi connectivity index (χ1v) is 5.84. The molecule has 1 N–H and O–H groups in total. The van der Waals surface area contributed by atoms with Crippen molar-refractivity contribution in [3.8, 4) is 0 Å². The van der Waals surface area contributed by atoms with Crippen LogP contribution in [0.4, 0.5) is 5.82 Å². The second kappa shape index (κ2) is 4.45. The highest BCUT2D eigenvalue weighted by molar-refractivity contribution is 9.10. The summed E-state index contributed by atoms with van der Waals surface area (Å²) in [5.74, 6) is 1.71. The third kappa shape index (κ3) is 2.58. The van der Waals surface area contributed by atoms with Gasteiger partial charge in [0.25, 0.3) is 0 Å². The predicted octanol–water partition coefficient (Wildman–Crippen LogP) is 3.10. The first kappa shape index (κ1) is 10.2. The van der Waals surface area contributed by atoms with E-state index in [0.29, 0.717) is 5.15 Å². The molecule has 5 heteroatoms. The van der Waals surface area contributed by atoms with Gasteiger partial charge in [-0.15, -0.1) is 0 Å². The number of nitrogens with one attached hydrogen (secondary N) is 1. The number of anilines is 1. The Morgan fingerprint density at radius 3 is 3.00 bits per heavy atom. The van der Waals surface area contributed by atoms with E-state index in [9.17, 15) is 0 Å². The number of rotatable bonds is 4. The maximum absolute atomic E-state index is 5.83. The first-order valence-electron chi connectivity index (χ1n) is 4.67. The summed E-state index contributed by atoms with van der Waals surface area (Å²) in [5.41, 5.74) is 0. The van der Waals surface area contributed by atoms with Gasteiger partial charge in [0.05, 0.1) is 4.47 Å². The van der Waals surface area contributed by atoms with Crippen molar-refractivity contribution >= 4 is 33.3 Å². The molecule has 1 aromatic rings. The van der Waals surface area contributed by atoms with Crippen LogP contribution < -0.4 is 5.32 Å². The van der Waals surface area contributed by atoms with Crippen LogP contribution in [0, 0.1) is 5.92 Å². The quantitative estimate of drug-likeness (QED) is 0.859. The van der Waals surface area contributed by atoms with Gasteiger partial charge in [-0.05, 0) is 28.3 Å². The Labute approximate surface area is 96.4 Å². The Kier molecular flexibility index (Phi) is 3.23. The summed E-state index contributed by atoms with van der Waals surface area (Å²) in [6.07, 6.45) is 5.45. The second-order valence-electron chi connectivity index (χ2n) is 3.49. The standard InChI is InChI=1S/C9H11BrClN3/c10-7-8(11)13-5-14-9(7)12-4-3-6-1-2-6/h5-6H,1-4H2,(H,12,13,14). The summed E-state index contributed by atoms with van der Waals surface area (Å²) >= 11 is 9.17. The smallest absolute Gasteiger partial charge is 0.148 e. The highest BCUT2D eigenvalue weighted by atomic mass is 79.9. The van der Waals surface area contributed by atoms with Gasteiger partial charge in [0, 0.05) is 6.54 Å². The molecular weight excluding hydrogens is 265 g/mol. The Hall–Kier alpha value is -0.350. The van der Waals surface area contributed by atoms with Crippen molar-refractivity contribution in [3.05, 3.63) is 16.0 Å². The van der Waals surface area contributed by atoms with E-state index < -0.39 is 0 Å². The number of halogens is 2. The molecule has 2 rings (SSSR count). The van der Waals surface area contributed by atoms with Gasteiger partial charge in [0.15, 0.2) is 0 Å². The van der Waals surface area contributed by atoms with Crippen LogP contribution in [-0.4, -0.2) is 16.5 Å². The molecule has 76 valence electrons. The average Bonchev–Trinajstić information content (AvgIpc) is 2.96. The minimum atomic E-state index is 0.453. The normalized spacial score (nSPS) is 15.6. The van der Waals surface area contributed by atoms with Gasteiger partial charge in [-0.2, -0.15) is 0 Å². The molecule has 0 atom stereocenters. The molecule has 0 aliphatic heterocycles. The maximum atomic E-state index is 5.83. The molecule has 1 aromatic heterocycles. The summed E-state index contributed by atoms with van der Waals surface area (Å²) in [6, 6.07) is 0. The molecule has 1 saturated carbocycles. The average molecular weight is 277 g/mol. The fraction of sp³-hybridized carbons (Fsp3) is 0.556. The lowest BCUT2D eigenvalue weighted by molar-refractivity contribution is 0.757. The van der Waals surface area contributed by atoms with Crippen molar-refractivity contribution in [2.75, 3.05) is 11.9 Å². The number of hydrogen-bond donors (Lipinski definition) is 1. The van der Waals surface area contributed by atoms with Crippen molar-refractivity contribution in [2.45, 2.75) is 19.3 Å². The topological polar surface area (TPSA) is 37.8 Å². The first-order chi connectivity index (χ1) is 6.77. The lowest BCUT2D eigenvalue weighted by atomic mass is 10.3. The third-order valence-electron chi connectivity index (χ3n) is 2.29. The SMILES string of the molecule is Clc1ncnc(NCCC2CC2)c1Br. The van der Waals surface area contributed by atoms with Gasteiger partial charge in [0.1, 0.15) is 17.3 Å². The molecule has 1 aliphatic rings. The van der Waals surface area contributed by atoms with Crippen LogP contribution in [0.1, 0.15) is 19.3 Å². The maximum Gasteiger partial charge on any atom is 0.148 e. The van der Waals surface area contributed by atoms with Crippen molar-refractivity contribution in [1.82, 2.24) is 9.97 Å². The zero-order valence-electron chi connectivity index (χ0n) is 7.63. The molecule has 1 heterocycles. The largest absolute Gasteiger partial charge is 0.369 e. The summed E-state index contributed by atoms with van der Waals surface area (Å²) < 4.78 is 0.748. The fourth-order valence-corrected chi connectivity index (χ4v) is 1.75. The van der Waals surface area contributed by atoms with Crippen LogP contribution in [-0.2, 0) is 0 Å². The Morgan fingerprint density at radius 1 is 1.50 bits per heavy atom. The third-order valence-corrected chi connectivity index (χ3v) is 3.55.